The van der Waals surface area contributed by atoms with E-state index in [4.69, 9.17) is 0 Å². The first-order valence-corrected chi connectivity index (χ1v) is 7.01. The van der Waals surface area contributed by atoms with Gasteiger partial charge in [0.15, 0.2) is 0 Å². The van der Waals surface area contributed by atoms with Gasteiger partial charge in [0, 0.05) is 12.0 Å². The van der Waals surface area contributed by atoms with Crippen LogP contribution in [-0.2, 0) is 11.2 Å². The molecule has 1 atom stereocenters. The summed E-state index contributed by atoms with van der Waals surface area (Å²) in [6.07, 6.45) is 3.86. The lowest BCUT2D eigenvalue weighted by molar-refractivity contribution is -0.125. The summed E-state index contributed by atoms with van der Waals surface area (Å²) in [5.41, 5.74) is 1.33. The van der Waals surface area contributed by atoms with Gasteiger partial charge in [-0.15, -0.1) is 0 Å². The highest BCUT2D eigenvalue weighted by molar-refractivity contribution is 5.78. The number of hydrogen-bond acceptors (Lipinski definition) is 1. The van der Waals surface area contributed by atoms with E-state index in [-0.39, 0.29) is 17.9 Å². The van der Waals surface area contributed by atoms with Gasteiger partial charge in [0.2, 0.25) is 5.91 Å². The Morgan fingerprint density at radius 3 is 2.33 bits per heavy atom. The first-order valence-electron chi connectivity index (χ1n) is 7.01. The van der Waals surface area contributed by atoms with E-state index in [1.807, 2.05) is 6.07 Å². The van der Waals surface area contributed by atoms with Crippen LogP contribution in [0.15, 0.2) is 30.3 Å². The number of carbonyl (C=O) groups excluding carboxylic acids is 1. The third-order valence-corrected chi connectivity index (χ3v) is 3.45. The molecule has 1 aromatic carbocycles. The quantitative estimate of drug-likeness (QED) is 0.784. The van der Waals surface area contributed by atoms with Crippen molar-refractivity contribution in [3.8, 4) is 0 Å². The minimum atomic E-state index is 0.171. The van der Waals surface area contributed by atoms with Crippen LogP contribution in [0.5, 0.6) is 0 Å². The average Bonchev–Trinajstić information content (AvgIpc) is 2.39. The van der Waals surface area contributed by atoms with Crippen LogP contribution in [0, 0.1) is 5.92 Å². The molecule has 0 radical (unpaired) electrons. The number of carbonyl (C=O) groups is 1. The van der Waals surface area contributed by atoms with E-state index < -0.39 is 0 Å². The Bertz CT molecular complexity index is 343. The molecular weight excluding hydrogens is 222 g/mol. The molecule has 1 rings (SSSR count). The van der Waals surface area contributed by atoms with E-state index in [1.165, 1.54) is 5.56 Å². The summed E-state index contributed by atoms with van der Waals surface area (Å²) in [5.74, 6) is 0.379. The van der Waals surface area contributed by atoms with Gasteiger partial charge in [-0.2, -0.15) is 0 Å². The van der Waals surface area contributed by atoms with Crippen LogP contribution in [0.1, 0.15) is 45.6 Å². The second kappa shape index (κ2) is 7.91. The lowest BCUT2D eigenvalue weighted by atomic mass is 10.0. The molecule has 0 aliphatic heterocycles. The van der Waals surface area contributed by atoms with Gasteiger partial charge in [0.25, 0.3) is 0 Å². The largest absolute Gasteiger partial charge is 0.353 e. The van der Waals surface area contributed by atoms with E-state index in [2.05, 4.69) is 50.4 Å². The highest BCUT2D eigenvalue weighted by Crippen LogP contribution is 2.09. The van der Waals surface area contributed by atoms with E-state index >= 15 is 0 Å². The fourth-order valence-electron chi connectivity index (χ4n) is 2.12. The normalized spacial score (nSPS) is 12.4. The topological polar surface area (TPSA) is 29.1 Å². The van der Waals surface area contributed by atoms with Crippen LogP contribution in [0.25, 0.3) is 0 Å². The van der Waals surface area contributed by atoms with Gasteiger partial charge in [0.1, 0.15) is 0 Å². The molecule has 0 unspecified atom stereocenters. The zero-order chi connectivity index (χ0) is 13.4. The van der Waals surface area contributed by atoms with E-state index in [1.54, 1.807) is 0 Å². The van der Waals surface area contributed by atoms with Crippen LogP contribution in [-0.4, -0.2) is 11.9 Å². The Kier molecular flexibility index (Phi) is 6.48. The molecule has 1 N–H and O–H groups in total. The molecule has 0 bridgehead atoms. The number of benzene rings is 1. The van der Waals surface area contributed by atoms with Gasteiger partial charge >= 0.3 is 0 Å². The molecule has 0 aliphatic carbocycles. The zero-order valence-corrected chi connectivity index (χ0v) is 11.8. The fourth-order valence-corrected chi connectivity index (χ4v) is 2.12. The van der Waals surface area contributed by atoms with Crippen LogP contribution in [0.2, 0.25) is 0 Å². The first-order chi connectivity index (χ1) is 8.67. The Morgan fingerprint density at radius 2 is 1.78 bits per heavy atom. The summed E-state index contributed by atoms with van der Waals surface area (Å²) in [4.78, 5) is 11.9. The molecule has 0 saturated carbocycles. The van der Waals surface area contributed by atoms with Crippen LogP contribution in [0.4, 0.5) is 0 Å². The molecule has 0 saturated heterocycles. The van der Waals surface area contributed by atoms with Gasteiger partial charge in [-0.05, 0) is 38.2 Å². The summed E-state index contributed by atoms with van der Waals surface area (Å²) in [7, 11) is 0. The van der Waals surface area contributed by atoms with Crippen molar-refractivity contribution in [3.05, 3.63) is 35.9 Å². The van der Waals surface area contributed by atoms with Crippen molar-refractivity contribution in [3.63, 3.8) is 0 Å². The van der Waals surface area contributed by atoms with Crippen molar-refractivity contribution < 1.29 is 4.79 Å². The maximum absolute atomic E-state index is 11.9. The van der Waals surface area contributed by atoms with E-state index in [9.17, 15) is 4.79 Å². The van der Waals surface area contributed by atoms with Gasteiger partial charge in [0.05, 0.1) is 0 Å². The predicted molar refractivity (Wildman–Crippen MR) is 76.4 cm³/mol. The molecule has 100 valence electrons. The van der Waals surface area contributed by atoms with Gasteiger partial charge in [-0.3, -0.25) is 4.79 Å². The monoisotopic (exact) mass is 247 g/mol. The molecule has 1 aromatic rings. The molecule has 0 aliphatic rings. The molecule has 2 nitrogen and oxygen atoms in total. The number of amides is 1. The highest BCUT2D eigenvalue weighted by Gasteiger charge is 2.15. The van der Waals surface area contributed by atoms with Crippen LogP contribution >= 0.6 is 0 Å². The third-order valence-electron chi connectivity index (χ3n) is 3.45. The summed E-state index contributed by atoms with van der Waals surface area (Å²) in [6.45, 7) is 6.23. The fraction of sp³-hybridized carbons (Fsp3) is 0.562. The molecule has 1 amide bonds. The molecule has 2 heteroatoms. The lowest BCUT2D eigenvalue weighted by Gasteiger charge is -2.18. The molecule has 0 aromatic heterocycles. The smallest absolute Gasteiger partial charge is 0.223 e. The molecular formula is C16H25NO. The van der Waals surface area contributed by atoms with Gasteiger partial charge in [-0.1, -0.05) is 44.2 Å². The van der Waals surface area contributed by atoms with Crippen molar-refractivity contribution in [2.24, 2.45) is 5.92 Å². The third kappa shape index (κ3) is 4.91. The molecule has 0 fully saturated rings. The number of aryl methyl sites for hydroxylation is 1. The van der Waals surface area contributed by atoms with Crippen molar-refractivity contribution in [1.29, 1.82) is 0 Å². The van der Waals surface area contributed by atoms with Crippen molar-refractivity contribution in [1.82, 2.24) is 5.32 Å². The van der Waals surface area contributed by atoms with Crippen molar-refractivity contribution >= 4 is 5.91 Å². The second-order valence-corrected chi connectivity index (χ2v) is 4.95. The Hall–Kier alpha value is -1.31. The van der Waals surface area contributed by atoms with E-state index in [0.717, 1.165) is 25.7 Å². The van der Waals surface area contributed by atoms with E-state index in [0.29, 0.717) is 0 Å². The molecule has 0 heterocycles. The Morgan fingerprint density at radius 1 is 1.17 bits per heavy atom. The number of nitrogens with one attached hydrogen (secondary N) is 1. The van der Waals surface area contributed by atoms with Crippen LogP contribution < -0.4 is 5.32 Å². The van der Waals surface area contributed by atoms with Gasteiger partial charge < -0.3 is 5.32 Å². The van der Waals surface area contributed by atoms with Crippen LogP contribution in [0.3, 0.4) is 0 Å². The first kappa shape index (κ1) is 14.7. The SMILES string of the molecule is CCC(CC)C(=O)N[C@@H](C)CCc1ccccc1. The summed E-state index contributed by atoms with van der Waals surface area (Å²) in [6, 6.07) is 10.7. The maximum Gasteiger partial charge on any atom is 0.223 e. The van der Waals surface area contributed by atoms with Gasteiger partial charge in [-0.25, -0.2) is 0 Å². The highest BCUT2D eigenvalue weighted by atomic mass is 16.1. The summed E-state index contributed by atoms with van der Waals surface area (Å²) in [5, 5.41) is 3.11. The molecule has 0 spiro atoms. The average molecular weight is 247 g/mol. The lowest BCUT2D eigenvalue weighted by Crippen LogP contribution is -2.37. The minimum absolute atomic E-state index is 0.171. The zero-order valence-electron chi connectivity index (χ0n) is 11.8. The Labute approximate surface area is 111 Å². The maximum atomic E-state index is 11.9. The minimum Gasteiger partial charge on any atom is -0.353 e. The second-order valence-electron chi connectivity index (χ2n) is 4.95. The number of hydrogen-bond donors (Lipinski definition) is 1. The predicted octanol–water partition coefficient (Wildman–Crippen LogP) is 3.56. The Balaban J connectivity index is 2.33. The summed E-state index contributed by atoms with van der Waals surface area (Å²) >= 11 is 0. The molecule has 18 heavy (non-hydrogen) atoms. The summed E-state index contributed by atoms with van der Waals surface area (Å²) < 4.78 is 0. The number of rotatable bonds is 7. The van der Waals surface area contributed by atoms with Crippen molar-refractivity contribution in [2.75, 3.05) is 0 Å². The van der Waals surface area contributed by atoms with Crippen molar-refractivity contribution in [2.45, 2.75) is 52.5 Å². The standard InChI is InChI=1S/C16H25NO/c1-4-15(5-2)16(18)17-13(3)11-12-14-9-7-6-8-10-14/h6-10,13,15H,4-5,11-12H2,1-3H3,(H,17,18)/t13-/m0/s1.